The predicted molar refractivity (Wildman–Crippen MR) is 115 cm³/mol. The van der Waals surface area contributed by atoms with Gasteiger partial charge in [0.25, 0.3) is 0 Å². The van der Waals surface area contributed by atoms with Crippen molar-refractivity contribution in [3.8, 4) is 5.75 Å². The Morgan fingerprint density at radius 3 is 2.37 bits per heavy atom. The van der Waals surface area contributed by atoms with Crippen LogP contribution < -0.4 is 10.1 Å². The van der Waals surface area contributed by atoms with Crippen molar-refractivity contribution in [3.63, 3.8) is 0 Å². The zero-order valence-corrected chi connectivity index (χ0v) is 17.5. The minimum Gasteiger partial charge on any atom is -0.497 e. The van der Waals surface area contributed by atoms with Crippen molar-refractivity contribution in [1.82, 2.24) is 9.80 Å². The standard InChI is InChI=1S/C23H29N3O4/c1-3-25(17-21(27)24-19-9-11-20(29-2)12-10-19)22(18-7-5-4-6-8-18)23(28)26-13-15-30-16-14-26/h4-12,22H,3,13-17H2,1-2H3,(H,24,27)/t22-/m1/s1. The summed E-state index contributed by atoms with van der Waals surface area (Å²) in [6.45, 7) is 4.84. The molecule has 0 radical (unpaired) electrons. The first-order valence-corrected chi connectivity index (χ1v) is 10.2. The minimum absolute atomic E-state index is 0.00333. The quantitative estimate of drug-likeness (QED) is 0.723. The Balaban J connectivity index is 1.75. The van der Waals surface area contributed by atoms with Crippen LogP contribution in [0.2, 0.25) is 0 Å². The Hall–Kier alpha value is -2.90. The molecule has 7 heteroatoms. The smallest absolute Gasteiger partial charge is 0.244 e. The monoisotopic (exact) mass is 411 g/mol. The predicted octanol–water partition coefficient (Wildman–Crippen LogP) is 2.56. The summed E-state index contributed by atoms with van der Waals surface area (Å²) >= 11 is 0. The summed E-state index contributed by atoms with van der Waals surface area (Å²) < 4.78 is 10.5. The van der Waals surface area contributed by atoms with Gasteiger partial charge in [0.15, 0.2) is 0 Å². The van der Waals surface area contributed by atoms with Gasteiger partial charge in [-0.25, -0.2) is 0 Å². The number of hydrogen-bond donors (Lipinski definition) is 1. The van der Waals surface area contributed by atoms with Crippen molar-refractivity contribution in [2.75, 3.05) is 51.8 Å². The summed E-state index contributed by atoms with van der Waals surface area (Å²) in [5.74, 6) is 0.560. The second-order valence-electron chi connectivity index (χ2n) is 7.09. The Morgan fingerprint density at radius 1 is 1.10 bits per heavy atom. The van der Waals surface area contributed by atoms with Gasteiger partial charge >= 0.3 is 0 Å². The zero-order valence-electron chi connectivity index (χ0n) is 17.5. The SMILES string of the molecule is CCN(CC(=O)Nc1ccc(OC)cc1)[C@@H](C(=O)N1CCOCC1)c1ccccc1. The number of rotatable bonds is 8. The highest BCUT2D eigenvalue weighted by Gasteiger charge is 2.32. The Kier molecular flexibility index (Phi) is 7.82. The van der Waals surface area contributed by atoms with Gasteiger partial charge in [-0.3, -0.25) is 14.5 Å². The second kappa shape index (κ2) is 10.8. The summed E-state index contributed by atoms with van der Waals surface area (Å²) in [5, 5.41) is 2.90. The van der Waals surface area contributed by atoms with Crippen molar-refractivity contribution >= 4 is 17.5 Å². The van der Waals surface area contributed by atoms with Gasteiger partial charge in [0.05, 0.1) is 26.9 Å². The van der Waals surface area contributed by atoms with Crippen molar-refractivity contribution in [2.24, 2.45) is 0 Å². The molecule has 1 aliphatic rings. The normalized spacial score (nSPS) is 15.0. The highest BCUT2D eigenvalue weighted by Crippen LogP contribution is 2.24. The lowest BCUT2D eigenvalue weighted by Crippen LogP contribution is -2.48. The number of carbonyl (C=O) groups is 2. The molecular weight excluding hydrogens is 382 g/mol. The number of nitrogens with zero attached hydrogens (tertiary/aromatic N) is 2. The lowest BCUT2D eigenvalue weighted by Gasteiger charge is -2.35. The molecule has 160 valence electrons. The number of benzene rings is 2. The molecule has 1 aliphatic heterocycles. The highest BCUT2D eigenvalue weighted by molar-refractivity contribution is 5.93. The number of anilines is 1. The molecule has 7 nitrogen and oxygen atoms in total. The van der Waals surface area contributed by atoms with E-state index in [2.05, 4.69) is 5.32 Å². The van der Waals surface area contributed by atoms with E-state index in [0.29, 0.717) is 38.5 Å². The van der Waals surface area contributed by atoms with E-state index in [4.69, 9.17) is 9.47 Å². The Labute approximate surface area is 177 Å². The summed E-state index contributed by atoms with van der Waals surface area (Å²) in [5.41, 5.74) is 1.57. The van der Waals surface area contributed by atoms with Gasteiger partial charge in [-0.15, -0.1) is 0 Å². The summed E-state index contributed by atoms with van der Waals surface area (Å²) in [6.07, 6.45) is 0. The molecule has 1 N–H and O–H groups in total. The third-order valence-electron chi connectivity index (χ3n) is 5.16. The van der Waals surface area contributed by atoms with Gasteiger partial charge in [0, 0.05) is 18.8 Å². The molecule has 0 bridgehead atoms. The van der Waals surface area contributed by atoms with Crippen LogP contribution >= 0.6 is 0 Å². The molecule has 1 heterocycles. The summed E-state index contributed by atoms with van der Waals surface area (Å²) in [7, 11) is 1.60. The van der Waals surface area contributed by atoms with Gasteiger partial charge < -0.3 is 19.7 Å². The van der Waals surface area contributed by atoms with Crippen LogP contribution in [-0.4, -0.2) is 68.1 Å². The third-order valence-corrected chi connectivity index (χ3v) is 5.16. The molecule has 1 fully saturated rings. The largest absolute Gasteiger partial charge is 0.497 e. The molecular formula is C23H29N3O4. The molecule has 0 saturated carbocycles. The maximum absolute atomic E-state index is 13.4. The van der Waals surface area contributed by atoms with Gasteiger partial charge in [-0.05, 0) is 36.4 Å². The third kappa shape index (κ3) is 5.58. The number of hydrogen-bond acceptors (Lipinski definition) is 5. The fourth-order valence-corrected chi connectivity index (χ4v) is 3.55. The lowest BCUT2D eigenvalue weighted by atomic mass is 10.0. The van der Waals surface area contributed by atoms with Crippen LogP contribution in [0.15, 0.2) is 54.6 Å². The van der Waals surface area contributed by atoms with E-state index in [9.17, 15) is 9.59 Å². The van der Waals surface area contributed by atoms with Crippen LogP contribution in [0.1, 0.15) is 18.5 Å². The second-order valence-corrected chi connectivity index (χ2v) is 7.09. The molecule has 30 heavy (non-hydrogen) atoms. The first kappa shape index (κ1) is 21.8. The van der Waals surface area contributed by atoms with Crippen molar-refractivity contribution in [1.29, 1.82) is 0 Å². The van der Waals surface area contributed by atoms with E-state index in [-0.39, 0.29) is 18.4 Å². The van der Waals surface area contributed by atoms with Gasteiger partial charge in [0.1, 0.15) is 11.8 Å². The topological polar surface area (TPSA) is 71.1 Å². The van der Waals surface area contributed by atoms with E-state index >= 15 is 0 Å². The molecule has 0 unspecified atom stereocenters. The average molecular weight is 412 g/mol. The molecule has 2 amide bonds. The van der Waals surface area contributed by atoms with E-state index in [1.807, 2.05) is 47.1 Å². The molecule has 1 atom stereocenters. The van der Waals surface area contributed by atoms with Crippen LogP contribution in [-0.2, 0) is 14.3 Å². The van der Waals surface area contributed by atoms with E-state index in [0.717, 1.165) is 11.3 Å². The number of morpholine rings is 1. The first-order chi connectivity index (χ1) is 14.6. The Morgan fingerprint density at radius 2 is 1.77 bits per heavy atom. The van der Waals surface area contributed by atoms with Crippen LogP contribution in [0, 0.1) is 0 Å². The molecule has 2 aromatic rings. The van der Waals surface area contributed by atoms with Gasteiger partial charge in [-0.2, -0.15) is 0 Å². The molecule has 2 aromatic carbocycles. The van der Waals surface area contributed by atoms with Crippen molar-refractivity contribution in [3.05, 3.63) is 60.2 Å². The van der Waals surface area contributed by atoms with Gasteiger partial charge in [0.2, 0.25) is 11.8 Å². The molecule has 0 spiro atoms. The average Bonchev–Trinajstić information content (AvgIpc) is 2.80. The highest BCUT2D eigenvalue weighted by atomic mass is 16.5. The number of likely N-dealkylation sites (N-methyl/N-ethyl adjacent to an activating group) is 1. The molecule has 0 aliphatic carbocycles. The number of carbonyl (C=O) groups excluding carboxylic acids is 2. The molecule has 0 aromatic heterocycles. The molecule has 3 rings (SSSR count). The fraction of sp³-hybridized carbons (Fsp3) is 0.391. The van der Waals surface area contributed by atoms with Crippen molar-refractivity contribution in [2.45, 2.75) is 13.0 Å². The van der Waals surface area contributed by atoms with Crippen LogP contribution in [0.25, 0.3) is 0 Å². The zero-order chi connectivity index (χ0) is 21.3. The lowest BCUT2D eigenvalue weighted by molar-refractivity contribution is -0.141. The minimum atomic E-state index is -0.518. The van der Waals surface area contributed by atoms with E-state index in [1.165, 1.54) is 0 Å². The number of ether oxygens (including phenoxy) is 2. The van der Waals surface area contributed by atoms with Crippen LogP contribution in [0.3, 0.4) is 0 Å². The Bertz CT molecular complexity index is 820. The fourth-order valence-electron chi connectivity index (χ4n) is 3.55. The van der Waals surface area contributed by atoms with Crippen LogP contribution in [0.5, 0.6) is 5.75 Å². The van der Waals surface area contributed by atoms with E-state index < -0.39 is 6.04 Å². The maximum atomic E-state index is 13.4. The van der Waals surface area contributed by atoms with Crippen molar-refractivity contribution < 1.29 is 19.1 Å². The summed E-state index contributed by atoms with van der Waals surface area (Å²) in [4.78, 5) is 29.9. The van der Waals surface area contributed by atoms with Crippen LogP contribution in [0.4, 0.5) is 5.69 Å². The first-order valence-electron chi connectivity index (χ1n) is 10.2. The number of nitrogens with one attached hydrogen (secondary N) is 1. The van der Waals surface area contributed by atoms with E-state index in [1.54, 1.807) is 31.4 Å². The summed E-state index contributed by atoms with van der Waals surface area (Å²) in [6, 6.07) is 16.3. The molecule has 1 saturated heterocycles. The maximum Gasteiger partial charge on any atom is 0.244 e. The van der Waals surface area contributed by atoms with Gasteiger partial charge in [-0.1, -0.05) is 37.3 Å². The number of amides is 2. The number of methoxy groups -OCH3 is 1.